The molecule has 3 rings (SSSR count). The molecular formula is C18H14ClFN4O. The fraction of sp³-hybridized carbons (Fsp3) is 0.0556. The Hall–Kier alpha value is -2.99. The third-order valence-electron chi connectivity index (χ3n) is 3.55. The fourth-order valence-corrected chi connectivity index (χ4v) is 2.28. The number of amides is 1. The molecule has 126 valence electrons. The Morgan fingerprint density at radius 1 is 1.16 bits per heavy atom. The number of carbonyl (C=O) groups is 1. The largest absolute Gasteiger partial charge is 0.289 e. The van der Waals surface area contributed by atoms with Crippen molar-refractivity contribution in [3.63, 3.8) is 0 Å². The van der Waals surface area contributed by atoms with E-state index in [1.165, 1.54) is 12.1 Å². The van der Waals surface area contributed by atoms with Crippen LogP contribution in [0.2, 0.25) is 5.02 Å². The molecule has 2 aromatic carbocycles. The molecule has 7 heteroatoms. The number of hydrogen-bond donors (Lipinski definition) is 2. The first kappa shape index (κ1) is 16.9. The van der Waals surface area contributed by atoms with E-state index in [0.29, 0.717) is 22.0 Å². The highest BCUT2D eigenvalue weighted by Gasteiger charge is 2.11. The Bertz CT molecular complexity index is 917. The van der Waals surface area contributed by atoms with Crippen LogP contribution in [0.5, 0.6) is 0 Å². The minimum atomic E-state index is -0.422. The van der Waals surface area contributed by atoms with E-state index < -0.39 is 5.91 Å². The second-order valence-corrected chi connectivity index (χ2v) is 5.76. The number of hydrogen-bond acceptors (Lipinski definition) is 3. The van der Waals surface area contributed by atoms with Crippen molar-refractivity contribution in [1.82, 2.24) is 15.6 Å². The van der Waals surface area contributed by atoms with Crippen LogP contribution in [0.15, 0.2) is 59.7 Å². The summed E-state index contributed by atoms with van der Waals surface area (Å²) in [6.07, 6.45) is 0. The zero-order valence-electron chi connectivity index (χ0n) is 13.3. The Labute approximate surface area is 148 Å². The van der Waals surface area contributed by atoms with Crippen LogP contribution < -0.4 is 5.43 Å². The molecule has 1 heterocycles. The lowest BCUT2D eigenvalue weighted by molar-refractivity contribution is 0.0950. The highest BCUT2D eigenvalue weighted by atomic mass is 35.5. The van der Waals surface area contributed by atoms with Gasteiger partial charge in [-0.05, 0) is 55.0 Å². The zero-order valence-corrected chi connectivity index (χ0v) is 14.0. The second kappa shape index (κ2) is 7.27. The quantitative estimate of drug-likeness (QED) is 0.547. The molecular weight excluding hydrogens is 343 g/mol. The highest BCUT2D eigenvalue weighted by molar-refractivity contribution is 6.30. The van der Waals surface area contributed by atoms with Gasteiger partial charge < -0.3 is 0 Å². The van der Waals surface area contributed by atoms with Crippen molar-refractivity contribution in [1.29, 1.82) is 0 Å². The van der Waals surface area contributed by atoms with Gasteiger partial charge in [-0.1, -0.05) is 23.7 Å². The molecule has 25 heavy (non-hydrogen) atoms. The van der Waals surface area contributed by atoms with Crippen molar-refractivity contribution < 1.29 is 9.18 Å². The molecule has 0 aliphatic carbocycles. The summed E-state index contributed by atoms with van der Waals surface area (Å²) in [6.45, 7) is 1.78. The van der Waals surface area contributed by atoms with Crippen LogP contribution in [0, 0.1) is 5.82 Å². The number of nitrogens with zero attached hydrogens (tertiary/aromatic N) is 2. The van der Waals surface area contributed by atoms with E-state index in [1.54, 1.807) is 37.3 Å². The second-order valence-electron chi connectivity index (χ2n) is 5.32. The molecule has 0 radical (unpaired) electrons. The Morgan fingerprint density at radius 2 is 1.84 bits per heavy atom. The van der Waals surface area contributed by atoms with Crippen molar-refractivity contribution in [3.8, 4) is 11.3 Å². The summed E-state index contributed by atoms with van der Waals surface area (Å²) in [6, 6.07) is 14.6. The predicted octanol–water partition coefficient (Wildman–Crippen LogP) is 4.02. The number of H-pyrrole nitrogens is 1. The maximum atomic E-state index is 13.0. The molecule has 0 atom stereocenters. The molecule has 0 saturated carbocycles. The van der Waals surface area contributed by atoms with Gasteiger partial charge in [0, 0.05) is 10.6 Å². The summed E-state index contributed by atoms with van der Waals surface area (Å²) in [4.78, 5) is 12.2. The normalized spacial score (nSPS) is 11.4. The topological polar surface area (TPSA) is 70.1 Å². The summed E-state index contributed by atoms with van der Waals surface area (Å²) in [5.74, 6) is -0.751. The molecule has 0 aliphatic rings. The van der Waals surface area contributed by atoms with E-state index in [9.17, 15) is 9.18 Å². The van der Waals surface area contributed by atoms with Crippen LogP contribution in [0.3, 0.4) is 0 Å². The molecule has 0 unspecified atom stereocenters. The molecule has 0 bridgehead atoms. The van der Waals surface area contributed by atoms with Crippen molar-refractivity contribution in [3.05, 3.63) is 76.7 Å². The highest BCUT2D eigenvalue weighted by Crippen LogP contribution is 2.18. The molecule has 0 aliphatic heterocycles. The number of halogens is 2. The van der Waals surface area contributed by atoms with Crippen LogP contribution in [-0.4, -0.2) is 21.8 Å². The molecule has 5 nitrogen and oxygen atoms in total. The SMILES string of the molecule is C/C(=N/NC(=O)c1cc(-c2ccc(F)cc2)n[nH]1)c1ccc(Cl)cc1. The number of carbonyl (C=O) groups excluding carboxylic acids is 1. The molecule has 0 fully saturated rings. The summed E-state index contributed by atoms with van der Waals surface area (Å²) in [7, 11) is 0. The van der Waals surface area contributed by atoms with E-state index in [-0.39, 0.29) is 11.5 Å². The molecule has 2 N–H and O–H groups in total. The average molecular weight is 357 g/mol. The maximum absolute atomic E-state index is 13.0. The monoisotopic (exact) mass is 356 g/mol. The van der Waals surface area contributed by atoms with Crippen LogP contribution >= 0.6 is 11.6 Å². The molecule has 0 saturated heterocycles. The van der Waals surface area contributed by atoms with Crippen molar-refractivity contribution in [2.75, 3.05) is 0 Å². The van der Waals surface area contributed by atoms with Crippen LogP contribution in [0.25, 0.3) is 11.3 Å². The first-order valence-corrected chi connectivity index (χ1v) is 7.82. The smallest absolute Gasteiger partial charge is 0.272 e. The van der Waals surface area contributed by atoms with Crippen molar-refractivity contribution in [2.45, 2.75) is 6.92 Å². The molecule has 3 aromatic rings. The van der Waals surface area contributed by atoms with E-state index in [4.69, 9.17) is 11.6 Å². The molecule has 0 spiro atoms. The first-order valence-electron chi connectivity index (χ1n) is 7.45. The van der Waals surface area contributed by atoms with Gasteiger partial charge in [0.15, 0.2) is 0 Å². The van der Waals surface area contributed by atoms with Gasteiger partial charge >= 0.3 is 0 Å². The molecule has 1 amide bonds. The van der Waals surface area contributed by atoms with Gasteiger partial charge in [-0.25, -0.2) is 9.82 Å². The standard InChI is InChI=1S/C18H14ClFN4O/c1-11(12-2-6-14(19)7-3-12)21-24-18(25)17-10-16(22-23-17)13-4-8-15(20)9-5-13/h2-10H,1H3,(H,22,23)(H,24,25)/b21-11-. The van der Waals surface area contributed by atoms with E-state index in [1.807, 2.05) is 12.1 Å². The average Bonchev–Trinajstić information content (AvgIpc) is 3.11. The minimum absolute atomic E-state index is 0.256. The lowest BCUT2D eigenvalue weighted by atomic mass is 10.1. The van der Waals surface area contributed by atoms with Crippen molar-refractivity contribution in [2.24, 2.45) is 5.10 Å². The van der Waals surface area contributed by atoms with Gasteiger partial charge in [0.25, 0.3) is 5.91 Å². The number of aromatic nitrogens is 2. The number of hydrazone groups is 1. The first-order chi connectivity index (χ1) is 12.0. The van der Waals surface area contributed by atoms with Gasteiger partial charge in [-0.15, -0.1) is 0 Å². The minimum Gasteiger partial charge on any atom is -0.272 e. The fourth-order valence-electron chi connectivity index (χ4n) is 2.16. The van der Waals surface area contributed by atoms with Gasteiger partial charge in [0.2, 0.25) is 0 Å². The summed E-state index contributed by atoms with van der Waals surface area (Å²) >= 11 is 5.84. The third-order valence-corrected chi connectivity index (χ3v) is 3.80. The summed E-state index contributed by atoms with van der Waals surface area (Å²) in [5.41, 5.74) is 5.47. The number of aromatic amines is 1. The Balaban J connectivity index is 1.70. The van der Waals surface area contributed by atoms with Gasteiger partial charge in [-0.3, -0.25) is 9.89 Å². The van der Waals surface area contributed by atoms with E-state index in [0.717, 1.165) is 5.56 Å². The van der Waals surface area contributed by atoms with E-state index in [2.05, 4.69) is 20.7 Å². The van der Waals surface area contributed by atoms with Gasteiger partial charge in [-0.2, -0.15) is 10.2 Å². The molecule has 1 aromatic heterocycles. The predicted molar refractivity (Wildman–Crippen MR) is 95.1 cm³/mol. The van der Waals surface area contributed by atoms with Crippen LogP contribution in [0.1, 0.15) is 23.0 Å². The summed E-state index contributed by atoms with van der Waals surface area (Å²) < 4.78 is 13.0. The number of benzene rings is 2. The van der Waals surface area contributed by atoms with Crippen LogP contribution in [0.4, 0.5) is 4.39 Å². The van der Waals surface area contributed by atoms with E-state index >= 15 is 0 Å². The van der Waals surface area contributed by atoms with Crippen molar-refractivity contribution >= 4 is 23.2 Å². The van der Waals surface area contributed by atoms with Gasteiger partial charge in [0.05, 0.1) is 11.4 Å². The van der Waals surface area contributed by atoms with Crippen LogP contribution in [-0.2, 0) is 0 Å². The summed E-state index contributed by atoms with van der Waals surface area (Å²) in [5, 5.41) is 11.4. The Kier molecular flexibility index (Phi) is 4.90. The number of rotatable bonds is 4. The van der Waals surface area contributed by atoms with Gasteiger partial charge in [0.1, 0.15) is 11.5 Å². The Morgan fingerprint density at radius 3 is 2.52 bits per heavy atom. The lowest BCUT2D eigenvalue weighted by Crippen LogP contribution is -2.19. The lowest BCUT2D eigenvalue weighted by Gasteiger charge is -2.02. The number of nitrogens with one attached hydrogen (secondary N) is 2. The third kappa shape index (κ3) is 4.10. The maximum Gasteiger partial charge on any atom is 0.289 e. The zero-order chi connectivity index (χ0) is 17.8.